The first kappa shape index (κ1) is 16.1. The van der Waals surface area contributed by atoms with E-state index in [4.69, 9.17) is 0 Å². The number of anilines is 1. The van der Waals surface area contributed by atoms with Gasteiger partial charge in [-0.1, -0.05) is 41.7 Å². The summed E-state index contributed by atoms with van der Waals surface area (Å²) in [7, 11) is 0. The van der Waals surface area contributed by atoms with Crippen molar-refractivity contribution in [1.82, 2.24) is 14.8 Å². The third kappa shape index (κ3) is 3.26. The number of nitrogens with one attached hydrogen (secondary N) is 1. The number of thiazole rings is 1. The van der Waals surface area contributed by atoms with Gasteiger partial charge in [0.1, 0.15) is 0 Å². The number of hydrogen-bond donors (Lipinski definition) is 1. The summed E-state index contributed by atoms with van der Waals surface area (Å²) in [6, 6.07) is 11.1. The number of aromatic nitrogens is 3. The minimum Gasteiger partial charge on any atom is -0.296 e. The molecule has 24 heavy (non-hydrogen) atoms. The number of amides is 1. The predicted molar refractivity (Wildman–Crippen MR) is 93.4 cm³/mol. The summed E-state index contributed by atoms with van der Waals surface area (Å²) >= 11 is 1.17. The molecule has 0 bridgehead atoms. The maximum atomic E-state index is 12.3. The summed E-state index contributed by atoms with van der Waals surface area (Å²) in [5.41, 5.74) is 1.75. The van der Waals surface area contributed by atoms with Gasteiger partial charge in [0.2, 0.25) is 0 Å². The molecular weight excluding hydrogens is 324 g/mol. The standard InChI is InChI=1S/C17H16N4O2S/c1-3-21-10-9-13(20-21)16(23)19-17-18-14(15(24-17)11(2)22)12-7-5-4-6-8-12/h4-10H,3H2,1-2H3,(H,18,19,23). The fraction of sp³-hybridized carbons (Fsp3) is 0.176. The van der Waals surface area contributed by atoms with Crippen LogP contribution in [0.5, 0.6) is 0 Å². The van der Waals surface area contributed by atoms with E-state index in [0.29, 0.717) is 27.9 Å². The van der Waals surface area contributed by atoms with Gasteiger partial charge in [0.15, 0.2) is 16.6 Å². The van der Waals surface area contributed by atoms with E-state index in [0.717, 1.165) is 5.56 Å². The molecule has 2 aromatic heterocycles. The normalized spacial score (nSPS) is 10.6. The van der Waals surface area contributed by atoms with Crippen molar-refractivity contribution in [3.63, 3.8) is 0 Å². The molecule has 6 nitrogen and oxygen atoms in total. The Balaban J connectivity index is 1.89. The lowest BCUT2D eigenvalue weighted by atomic mass is 10.1. The van der Waals surface area contributed by atoms with Crippen molar-refractivity contribution >= 4 is 28.2 Å². The molecule has 3 aromatic rings. The average Bonchev–Trinajstić information content (AvgIpc) is 3.22. The third-order valence-corrected chi connectivity index (χ3v) is 4.48. The second kappa shape index (κ2) is 6.76. The lowest BCUT2D eigenvalue weighted by molar-refractivity contribution is 0.101. The van der Waals surface area contributed by atoms with Crippen LogP contribution in [0.15, 0.2) is 42.6 Å². The monoisotopic (exact) mass is 340 g/mol. The van der Waals surface area contributed by atoms with Gasteiger partial charge in [0, 0.05) is 25.2 Å². The van der Waals surface area contributed by atoms with E-state index in [-0.39, 0.29) is 11.7 Å². The van der Waals surface area contributed by atoms with Crippen molar-refractivity contribution in [1.29, 1.82) is 0 Å². The molecule has 0 spiro atoms. The topological polar surface area (TPSA) is 76.9 Å². The highest BCUT2D eigenvalue weighted by molar-refractivity contribution is 7.18. The molecule has 0 fully saturated rings. The van der Waals surface area contributed by atoms with E-state index in [1.807, 2.05) is 37.3 Å². The maximum Gasteiger partial charge on any atom is 0.277 e. The first-order valence-corrected chi connectivity index (χ1v) is 8.32. The smallest absolute Gasteiger partial charge is 0.277 e. The number of carbonyl (C=O) groups is 2. The van der Waals surface area contributed by atoms with Crippen LogP contribution in [0, 0.1) is 0 Å². The SMILES string of the molecule is CCn1ccc(C(=O)Nc2nc(-c3ccccc3)c(C(C)=O)s2)n1. The second-order valence-electron chi connectivity index (χ2n) is 5.13. The molecule has 0 aliphatic carbocycles. The molecule has 3 rings (SSSR count). The molecule has 0 aliphatic rings. The van der Waals surface area contributed by atoms with Gasteiger partial charge in [-0.15, -0.1) is 0 Å². The highest BCUT2D eigenvalue weighted by Crippen LogP contribution is 2.31. The van der Waals surface area contributed by atoms with E-state index < -0.39 is 0 Å². The Kier molecular flexibility index (Phi) is 4.52. The molecule has 0 aliphatic heterocycles. The van der Waals surface area contributed by atoms with Crippen LogP contribution in [-0.4, -0.2) is 26.5 Å². The molecule has 122 valence electrons. The Hall–Kier alpha value is -2.80. The van der Waals surface area contributed by atoms with E-state index in [9.17, 15) is 9.59 Å². The molecule has 0 unspecified atom stereocenters. The zero-order chi connectivity index (χ0) is 17.1. The highest BCUT2D eigenvalue weighted by Gasteiger charge is 2.19. The predicted octanol–water partition coefficient (Wildman–Crippen LogP) is 3.48. The molecule has 0 saturated heterocycles. The number of carbonyl (C=O) groups excluding carboxylic acids is 2. The largest absolute Gasteiger partial charge is 0.296 e. The molecular formula is C17H16N4O2S. The van der Waals surface area contributed by atoms with Crippen LogP contribution >= 0.6 is 11.3 Å². The van der Waals surface area contributed by atoms with Crippen LogP contribution in [0.3, 0.4) is 0 Å². The van der Waals surface area contributed by atoms with Crippen LogP contribution in [0.4, 0.5) is 5.13 Å². The summed E-state index contributed by atoms with van der Waals surface area (Å²) in [6.07, 6.45) is 1.74. The number of aryl methyl sites for hydroxylation is 1. The zero-order valence-electron chi connectivity index (χ0n) is 13.3. The Labute approximate surface area is 143 Å². The van der Waals surface area contributed by atoms with Crippen molar-refractivity contribution in [2.45, 2.75) is 20.4 Å². The van der Waals surface area contributed by atoms with Crippen molar-refractivity contribution in [3.8, 4) is 11.3 Å². The number of Topliss-reactive ketones (excluding diaryl/α,β-unsaturated/α-hetero) is 1. The molecule has 2 heterocycles. The fourth-order valence-electron chi connectivity index (χ4n) is 2.22. The Morgan fingerprint density at radius 3 is 2.58 bits per heavy atom. The Morgan fingerprint density at radius 1 is 1.21 bits per heavy atom. The van der Waals surface area contributed by atoms with E-state index >= 15 is 0 Å². The van der Waals surface area contributed by atoms with Gasteiger partial charge in [0.25, 0.3) is 5.91 Å². The summed E-state index contributed by atoms with van der Waals surface area (Å²) in [5, 5.41) is 7.27. The van der Waals surface area contributed by atoms with E-state index in [1.54, 1.807) is 16.9 Å². The molecule has 0 radical (unpaired) electrons. The van der Waals surface area contributed by atoms with Crippen LogP contribution in [0.2, 0.25) is 0 Å². The summed E-state index contributed by atoms with van der Waals surface area (Å²) in [5.74, 6) is -0.423. The molecule has 0 atom stereocenters. The fourth-order valence-corrected chi connectivity index (χ4v) is 3.10. The molecule has 1 amide bonds. The van der Waals surface area contributed by atoms with Crippen molar-refractivity contribution in [3.05, 3.63) is 53.2 Å². The Bertz CT molecular complexity index is 883. The van der Waals surface area contributed by atoms with E-state index in [1.165, 1.54) is 18.3 Å². The highest BCUT2D eigenvalue weighted by atomic mass is 32.1. The van der Waals surface area contributed by atoms with Gasteiger partial charge >= 0.3 is 0 Å². The first-order chi connectivity index (χ1) is 11.6. The summed E-state index contributed by atoms with van der Waals surface area (Å²) in [4.78, 5) is 29.1. The van der Waals surface area contributed by atoms with E-state index in [2.05, 4.69) is 15.4 Å². The lowest BCUT2D eigenvalue weighted by Gasteiger charge is -1.99. The van der Waals surface area contributed by atoms with Gasteiger partial charge in [-0.2, -0.15) is 5.10 Å². The molecule has 1 N–H and O–H groups in total. The van der Waals surface area contributed by atoms with Crippen LogP contribution in [0.25, 0.3) is 11.3 Å². The molecule has 1 aromatic carbocycles. The lowest BCUT2D eigenvalue weighted by Crippen LogP contribution is -2.13. The van der Waals surface area contributed by atoms with Gasteiger partial charge in [-0.3, -0.25) is 19.6 Å². The first-order valence-electron chi connectivity index (χ1n) is 7.50. The number of benzene rings is 1. The molecule has 7 heteroatoms. The summed E-state index contributed by atoms with van der Waals surface area (Å²) in [6.45, 7) is 4.13. The average molecular weight is 340 g/mol. The number of rotatable bonds is 5. The second-order valence-corrected chi connectivity index (χ2v) is 6.13. The Morgan fingerprint density at radius 2 is 1.96 bits per heavy atom. The zero-order valence-corrected chi connectivity index (χ0v) is 14.1. The van der Waals surface area contributed by atoms with Gasteiger partial charge in [-0.05, 0) is 13.0 Å². The quantitative estimate of drug-likeness (QED) is 0.721. The van der Waals surface area contributed by atoms with Crippen LogP contribution < -0.4 is 5.32 Å². The van der Waals surface area contributed by atoms with Crippen molar-refractivity contribution in [2.75, 3.05) is 5.32 Å². The van der Waals surface area contributed by atoms with Gasteiger partial charge in [0.05, 0.1) is 10.6 Å². The van der Waals surface area contributed by atoms with Crippen LogP contribution in [0.1, 0.15) is 34.0 Å². The molecule has 0 saturated carbocycles. The van der Waals surface area contributed by atoms with Crippen LogP contribution in [-0.2, 0) is 6.54 Å². The summed E-state index contributed by atoms with van der Waals surface area (Å²) < 4.78 is 1.67. The van der Waals surface area contributed by atoms with Gasteiger partial charge in [-0.25, -0.2) is 4.98 Å². The number of hydrogen-bond acceptors (Lipinski definition) is 5. The minimum absolute atomic E-state index is 0.0814. The number of ketones is 1. The minimum atomic E-state index is -0.342. The number of nitrogens with zero attached hydrogens (tertiary/aromatic N) is 3. The van der Waals surface area contributed by atoms with Gasteiger partial charge < -0.3 is 0 Å². The third-order valence-electron chi connectivity index (χ3n) is 3.41. The van der Waals surface area contributed by atoms with Crippen molar-refractivity contribution < 1.29 is 9.59 Å². The van der Waals surface area contributed by atoms with Crippen molar-refractivity contribution in [2.24, 2.45) is 0 Å². The maximum absolute atomic E-state index is 12.3.